The highest BCUT2D eigenvalue weighted by molar-refractivity contribution is 7.92. The molecule has 3 aromatic carbocycles. The third-order valence-corrected chi connectivity index (χ3v) is 7.57. The first-order chi connectivity index (χ1) is 16.8. The number of nitro benzene ring substituents is 1. The highest BCUT2D eigenvalue weighted by Crippen LogP contribution is 2.26. The van der Waals surface area contributed by atoms with Gasteiger partial charge in [0, 0.05) is 44.0 Å². The number of hydrogen-bond acceptors (Lipinski definition) is 6. The number of piperazine rings is 1. The molecular weight excluding hydrogens is 475 g/mol. The van der Waals surface area contributed by atoms with Crippen LogP contribution in [0.5, 0.6) is 0 Å². The second-order valence-electron chi connectivity index (χ2n) is 7.94. The Morgan fingerprint density at radius 2 is 1.51 bits per heavy atom. The molecule has 0 N–H and O–H groups in total. The predicted molar refractivity (Wildman–Crippen MR) is 129 cm³/mol. The van der Waals surface area contributed by atoms with E-state index in [-0.39, 0.29) is 28.0 Å². The molecule has 1 aliphatic heterocycles. The molecule has 0 unspecified atom stereocenters. The van der Waals surface area contributed by atoms with Crippen molar-refractivity contribution in [3.05, 3.63) is 94.8 Å². The van der Waals surface area contributed by atoms with Crippen LogP contribution in [0.25, 0.3) is 0 Å². The summed E-state index contributed by atoms with van der Waals surface area (Å²) in [6.45, 7) is 1.32. The van der Waals surface area contributed by atoms with Crippen LogP contribution < -0.4 is 9.21 Å². The van der Waals surface area contributed by atoms with Gasteiger partial charge in [0.25, 0.3) is 15.7 Å². The third-order valence-electron chi connectivity index (χ3n) is 5.78. The van der Waals surface area contributed by atoms with Gasteiger partial charge in [-0.25, -0.2) is 12.8 Å². The predicted octanol–water partition coefficient (Wildman–Crippen LogP) is 3.28. The van der Waals surface area contributed by atoms with E-state index in [1.807, 2.05) is 4.90 Å². The van der Waals surface area contributed by atoms with E-state index in [4.69, 9.17) is 0 Å². The van der Waals surface area contributed by atoms with Gasteiger partial charge in [0.05, 0.1) is 15.5 Å². The maximum Gasteiger partial charge on any atom is 0.269 e. The molecular formula is C24H23FN4O5S. The molecule has 4 rings (SSSR count). The molecule has 1 heterocycles. The van der Waals surface area contributed by atoms with Gasteiger partial charge >= 0.3 is 0 Å². The SMILES string of the molecule is O=C(CN(c1ccc([N+](=O)[O-])cc1)S(=O)(=O)c1ccccc1)N1CCN(c2ccc(F)cc2)CC1. The summed E-state index contributed by atoms with van der Waals surface area (Å²) in [6, 6.07) is 18.9. The number of amides is 1. The number of halogens is 1. The molecule has 182 valence electrons. The van der Waals surface area contributed by atoms with Gasteiger partial charge in [-0.2, -0.15) is 0 Å². The van der Waals surface area contributed by atoms with Gasteiger partial charge in [0.1, 0.15) is 12.4 Å². The minimum absolute atomic E-state index is 0.00674. The van der Waals surface area contributed by atoms with Crippen LogP contribution >= 0.6 is 0 Å². The minimum atomic E-state index is -4.11. The monoisotopic (exact) mass is 498 g/mol. The quantitative estimate of drug-likeness (QED) is 0.366. The highest BCUT2D eigenvalue weighted by Gasteiger charge is 2.30. The minimum Gasteiger partial charge on any atom is -0.368 e. The number of carbonyl (C=O) groups is 1. The summed E-state index contributed by atoms with van der Waals surface area (Å²) in [6.07, 6.45) is 0. The highest BCUT2D eigenvalue weighted by atomic mass is 32.2. The van der Waals surface area contributed by atoms with Gasteiger partial charge in [-0.05, 0) is 48.5 Å². The van der Waals surface area contributed by atoms with Crippen LogP contribution in [0.4, 0.5) is 21.5 Å². The Morgan fingerprint density at radius 3 is 2.09 bits per heavy atom. The number of nitro groups is 1. The van der Waals surface area contributed by atoms with E-state index in [9.17, 15) is 27.7 Å². The molecule has 9 nitrogen and oxygen atoms in total. The average molecular weight is 499 g/mol. The molecule has 1 fully saturated rings. The van der Waals surface area contributed by atoms with Crippen molar-refractivity contribution < 1.29 is 22.5 Å². The van der Waals surface area contributed by atoms with Crippen molar-refractivity contribution in [3.8, 4) is 0 Å². The maximum absolute atomic E-state index is 13.4. The number of rotatable bonds is 7. The summed E-state index contributed by atoms with van der Waals surface area (Å²) in [5.74, 6) is -0.713. The normalized spacial score (nSPS) is 14.0. The Bertz CT molecular complexity index is 1290. The third kappa shape index (κ3) is 5.40. The van der Waals surface area contributed by atoms with Gasteiger partial charge < -0.3 is 9.80 Å². The fraction of sp³-hybridized carbons (Fsp3) is 0.208. The summed E-state index contributed by atoms with van der Waals surface area (Å²) in [4.78, 5) is 27.2. The molecule has 0 saturated carbocycles. The van der Waals surface area contributed by atoms with Crippen LogP contribution in [0.3, 0.4) is 0 Å². The number of anilines is 2. The zero-order chi connectivity index (χ0) is 25.0. The number of hydrogen-bond donors (Lipinski definition) is 0. The molecule has 0 aliphatic carbocycles. The topological polar surface area (TPSA) is 104 Å². The lowest BCUT2D eigenvalue weighted by Crippen LogP contribution is -2.52. The van der Waals surface area contributed by atoms with E-state index in [0.29, 0.717) is 26.2 Å². The molecule has 1 amide bonds. The van der Waals surface area contributed by atoms with E-state index in [1.54, 1.807) is 35.2 Å². The Balaban J connectivity index is 1.53. The maximum atomic E-state index is 13.4. The molecule has 0 radical (unpaired) electrons. The van der Waals surface area contributed by atoms with Crippen molar-refractivity contribution in [3.63, 3.8) is 0 Å². The summed E-state index contributed by atoms with van der Waals surface area (Å²) >= 11 is 0. The smallest absolute Gasteiger partial charge is 0.269 e. The number of benzene rings is 3. The zero-order valence-electron chi connectivity index (χ0n) is 18.7. The Labute approximate surface area is 202 Å². The standard InChI is InChI=1S/C24H23FN4O5S/c25-19-6-8-20(9-7-19)26-14-16-27(17-15-26)24(30)18-28(21-10-12-22(13-11-21)29(31)32)35(33,34)23-4-2-1-3-5-23/h1-13H,14-18H2. The molecule has 0 aromatic heterocycles. The summed E-state index contributed by atoms with van der Waals surface area (Å²) in [7, 11) is -4.11. The summed E-state index contributed by atoms with van der Waals surface area (Å²) in [5.41, 5.74) is 0.810. The summed E-state index contributed by atoms with van der Waals surface area (Å²) in [5, 5.41) is 11.0. The Kier molecular flexibility index (Phi) is 6.97. The van der Waals surface area contributed by atoms with E-state index >= 15 is 0 Å². The first kappa shape index (κ1) is 24.1. The molecule has 3 aromatic rings. The van der Waals surface area contributed by atoms with Gasteiger partial charge in [-0.3, -0.25) is 19.2 Å². The largest absolute Gasteiger partial charge is 0.368 e. The van der Waals surface area contributed by atoms with Crippen LogP contribution in [-0.4, -0.2) is 56.9 Å². The Hall–Kier alpha value is -3.99. The second kappa shape index (κ2) is 10.1. The van der Waals surface area contributed by atoms with Crippen LogP contribution in [0.15, 0.2) is 83.8 Å². The van der Waals surface area contributed by atoms with Crippen molar-refractivity contribution in [1.29, 1.82) is 0 Å². The van der Waals surface area contributed by atoms with Crippen LogP contribution in [-0.2, 0) is 14.8 Å². The van der Waals surface area contributed by atoms with Crippen LogP contribution in [0, 0.1) is 15.9 Å². The van der Waals surface area contributed by atoms with Crippen molar-refractivity contribution >= 4 is 33.0 Å². The lowest BCUT2D eigenvalue weighted by Gasteiger charge is -2.37. The van der Waals surface area contributed by atoms with E-state index in [0.717, 1.165) is 9.99 Å². The first-order valence-corrected chi connectivity index (χ1v) is 12.3. The van der Waals surface area contributed by atoms with Gasteiger partial charge in [-0.1, -0.05) is 18.2 Å². The van der Waals surface area contributed by atoms with E-state index in [1.165, 1.54) is 48.5 Å². The summed E-state index contributed by atoms with van der Waals surface area (Å²) < 4.78 is 41.0. The molecule has 0 spiro atoms. The molecule has 0 bridgehead atoms. The zero-order valence-corrected chi connectivity index (χ0v) is 19.5. The molecule has 35 heavy (non-hydrogen) atoms. The van der Waals surface area contributed by atoms with E-state index in [2.05, 4.69) is 0 Å². The number of sulfonamides is 1. The fourth-order valence-electron chi connectivity index (χ4n) is 3.86. The van der Waals surface area contributed by atoms with Crippen LogP contribution in [0.2, 0.25) is 0 Å². The fourth-order valence-corrected chi connectivity index (χ4v) is 5.30. The van der Waals surface area contributed by atoms with Crippen molar-refractivity contribution in [2.24, 2.45) is 0 Å². The van der Waals surface area contributed by atoms with Crippen molar-refractivity contribution in [2.75, 3.05) is 41.9 Å². The molecule has 1 saturated heterocycles. The number of non-ortho nitro benzene ring substituents is 1. The first-order valence-electron chi connectivity index (χ1n) is 10.9. The lowest BCUT2D eigenvalue weighted by atomic mass is 10.2. The average Bonchev–Trinajstić information content (AvgIpc) is 2.88. The lowest BCUT2D eigenvalue weighted by molar-refractivity contribution is -0.384. The number of nitrogens with zero attached hydrogens (tertiary/aromatic N) is 4. The van der Waals surface area contributed by atoms with Crippen molar-refractivity contribution in [1.82, 2.24) is 4.90 Å². The number of carbonyl (C=O) groups excluding carboxylic acids is 1. The van der Waals surface area contributed by atoms with Gasteiger partial charge in [0.2, 0.25) is 5.91 Å². The van der Waals surface area contributed by atoms with Gasteiger partial charge in [-0.15, -0.1) is 0 Å². The molecule has 1 aliphatic rings. The van der Waals surface area contributed by atoms with Crippen LogP contribution in [0.1, 0.15) is 0 Å². The van der Waals surface area contributed by atoms with Gasteiger partial charge in [0.15, 0.2) is 0 Å². The van der Waals surface area contributed by atoms with Crippen molar-refractivity contribution in [2.45, 2.75) is 4.90 Å². The van der Waals surface area contributed by atoms with E-state index < -0.39 is 21.5 Å². The molecule has 0 atom stereocenters. The Morgan fingerprint density at radius 1 is 0.914 bits per heavy atom. The molecule has 11 heteroatoms. The second-order valence-corrected chi connectivity index (χ2v) is 9.80.